The molecule has 1 aromatic heterocycles. The maximum atomic E-state index is 14.2. The Bertz CT molecular complexity index is 1090. The maximum Gasteiger partial charge on any atom is 0.321 e. The lowest BCUT2D eigenvalue weighted by atomic mass is 9.56. The van der Waals surface area contributed by atoms with Crippen molar-refractivity contribution < 1.29 is 14.3 Å². The minimum absolute atomic E-state index is 0.105. The summed E-state index contributed by atoms with van der Waals surface area (Å²) in [4.78, 5) is 19.0. The summed E-state index contributed by atoms with van der Waals surface area (Å²) in [6.07, 6.45) is 8.54. The van der Waals surface area contributed by atoms with Crippen LogP contribution in [0.4, 0.5) is 0 Å². The zero-order valence-electron chi connectivity index (χ0n) is 19.7. The van der Waals surface area contributed by atoms with E-state index in [1.165, 1.54) is 17.6 Å². The number of nitrogens with zero attached hydrogens (tertiary/aromatic N) is 1. The second-order valence-electron chi connectivity index (χ2n) is 9.77. The third-order valence-corrected chi connectivity index (χ3v) is 7.89. The maximum absolute atomic E-state index is 14.2. The van der Waals surface area contributed by atoms with Gasteiger partial charge in [-0.2, -0.15) is 0 Å². The Balaban J connectivity index is 1.55. The molecule has 0 amide bonds. The predicted octanol–water partition coefficient (Wildman–Crippen LogP) is 6.07. The van der Waals surface area contributed by atoms with Gasteiger partial charge in [-0.3, -0.25) is 4.79 Å². The number of rotatable bonds is 4. The molecule has 0 unspecified atom stereocenters. The van der Waals surface area contributed by atoms with Gasteiger partial charge in [-0.15, -0.1) is 0 Å². The summed E-state index contributed by atoms with van der Waals surface area (Å²) in [5, 5.41) is 0. The van der Waals surface area contributed by atoms with Crippen LogP contribution in [0.5, 0.6) is 5.88 Å². The van der Waals surface area contributed by atoms with Crippen LogP contribution < -0.4 is 4.74 Å². The molecule has 33 heavy (non-hydrogen) atoms. The fourth-order valence-electron chi connectivity index (χ4n) is 6.50. The lowest BCUT2D eigenvalue weighted by molar-refractivity contribution is -0.158. The minimum atomic E-state index is -0.833. The van der Waals surface area contributed by atoms with E-state index in [0.717, 1.165) is 48.9 Å². The zero-order valence-corrected chi connectivity index (χ0v) is 19.7. The van der Waals surface area contributed by atoms with E-state index in [1.54, 1.807) is 7.11 Å². The zero-order chi connectivity index (χ0) is 23.0. The van der Waals surface area contributed by atoms with E-state index in [2.05, 4.69) is 36.9 Å². The molecule has 0 spiro atoms. The van der Waals surface area contributed by atoms with Crippen LogP contribution in [0.1, 0.15) is 68.2 Å². The van der Waals surface area contributed by atoms with Crippen molar-refractivity contribution in [2.75, 3.05) is 7.11 Å². The molecule has 4 atom stereocenters. The fourth-order valence-corrected chi connectivity index (χ4v) is 6.50. The number of esters is 1. The van der Waals surface area contributed by atoms with Gasteiger partial charge in [0, 0.05) is 17.7 Å². The van der Waals surface area contributed by atoms with Crippen LogP contribution >= 0.6 is 0 Å². The van der Waals surface area contributed by atoms with Gasteiger partial charge < -0.3 is 9.47 Å². The number of pyridine rings is 1. The Kier molecular flexibility index (Phi) is 5.86. The SMILES string of the molecule is C=C1C[C@@H]2Cc3nc(OC)ccc3[C@](C(=O)O[C@@H]3CCCC[C@H]3c3ccccc3)(C1)C2=CC. The summed E-state index contributed by atoms with van der Waals surface area (Å²) in [5.74, 6) is 0.929. The molecule has 3 aliphatic carbocycles. The average molecular weight is 444 g/mol. The predicted molar refractivity (Wildman–Crippen MR) is 129 cm³/mol. The first-order chi connectivity index (χ1) is 16.1. The molecule has 2 bridgehead atoms. The standard InChI is InChI=1S/C29H33NO3/c1-4-23-21-16-19(2)18-29(23,24-14-15-27(32-3)30-25(24)17-21)28(31)33-26-13-9-8-12-22(26)20-10-6-5-7-11-20/h4-7,10-11,14-15,21-22,26H,2,8-9,12-13,16-18H2,1,3H3/t21-,22+,26-,29+/m1/s1. The van der Waals surface area contributed by atoms with E-state index in [1.807, 2.05) is 25.1 Å². The molecule has 0 saturated heterocycles. The van der Waals surface area contributed by atoms with E-state index in [-0.39, 0.29) is 23.9 Å². The molecule has 172 valence electrons. The highest BCUT2D eigenvalue weighted by Gasteiger charge is 2.55. The topological polar surface area (TPSA) is 48.4 Å². The number of ether oxygens (including phenoxy) is 2. The molecule has 0 N–H and O–H groups in total. The highest BCUT2D eigenvalue weighted by molar-refractivity contribution is 5.90. The van der Waals surface area contributed by atoms with E-state index in [0.29, 0.717) is 12.3 Å². The molecule has 5 rings (SSSR count). The Morgan fingerprint density at radius 1 is 1.12 bits per heavy atom. The molecule has 4 nitrogen and oxygen atoms in total. The molecular weight excluding hydrogens is 410 g/mol. The molecule has 0 radical (unpaired) electrons. The second-order valence-corrected chi connectivity index (χ2v) is 9.77. The number of methoxy groups -OCH3 is 1. The van der Waals surface area contributed by atoms with E-state index in [9.17, 15) is 4.79 Å². The molecule has 2 saturated carbocycles. The van der Waals surface area contributed by atoms with Gasteiger partial charge in [0.15, 0.2) is 0 Å². The molecule has 0 aliphatic heterocycles. The van der Waals surface area contributed by atoms with Crippen LogP contribution in [0.2, 0.25) is 0 Å². The van der Waals surface area contributed by atoms with Crippen LogP contribution in [0.3, 0.4) is 0 Å². The van der Waals surface area contributed by atoms with Crippen molar-refractivity contribution in [2.45, 2.75) is 69.3 Å². The van der Waals surface area contributed by atoms with Gasteiger partial charge in [0.1, 0.15) is 11.5 Å². The Morgan fingerprint density at radius 2 is 1.91 bits per heavy atom. The van der Waals surface area contributed by atoms with Gasteiger partial charge >= 0.3 is 5.97 Å². The van der Waals surface area contributed by atoms with Crippen molar-refractivity contribution in [1.29, 1.82) is 0 Å². The van der Waals surface area contributed by atoms with Crippen molar-refractivity contribution in [1.82, 2.24) is 4.98 Å². The fraction of sp³-hybridized carbons (Fsp3) is 0.448. The number of carbonyl (C=O) groups is 1. The normalized spacial score (nSPS) is 29.9. The smallest absolute Gasteiger partial charge is 0.321 e. The third-order valence-electron chi connectivity index (χ3n) is 7.89. The Labute approximate surface area is 196 Å². The van der Waals surface area contributed by atoms with Gasteiger partial charge in [0.25, 0.3) is 0 Å². The molecule has 1 aromatic carbocycles. The molecule has 4 heteroatoms. The van der Waals surface area contributed by atoms with Gasteiger partial charge in [-0.1, -0.05) is 61.0 Å². The van der Waals surface area contributed by atoms with Crippen LogP contribution in [0, 0.1) is 5.92 Å². The Hall–Kier alpha value is -2.88. The summed E-state index contributed by atoms with van der Waals surface area (Å²) in [5.41, 5.74) is 4.64. The molecule has 2 fully saturated rings. The third kappa shape index (κ3) is 3.70. The van der Waals surface area contributed by atoms with E-state index >= 15 is 0 Å². The lowest BCUT2D eigenvalue weighted by Gasteiger charge is -2.48. The summed E-state index contributed by atoms with van der Waals surface area (Å²) >= 11 is 0. The summed E-state index contributed by atoms with van der Waals surface area (Å²) in [6.45, 7) is 6.38. The van der Waals surface area contributed by atoms with Crippen molar-refractivity contribution in [2.24, 2.45) is 5.92 Å². The first kappa shape index (κ1) is 21.9. The minimum Gasteiger partial charge on any atom is -0.481 e. The Morgan fingerprint density at radius 3 is 2.67 bits per heavy atom. The van der Waals surface area contributed by atoms with Gasteiger partial charge in [-0.25, -0.2) is 4.98 Å². The largest absolute Gasteiger partial charge is 0.481 e. The number of benzene rings is 1. The summed E-state index contributed by atoms with van der Waals surface area (Å²) in [7, 11) is 1.63. The van der Waals surface area contributed by atoms with Crippen molar-refractivity contribution in [3.8, 4) is 5.88 Å². The molecular formula is C29H33NO3. The summed E-state index contributed by atoms with van der Waals surface area (Å²) < 4.78 is 11.9. The lowest BCUT2D eigenvalue weighted by Crippen LogP contribution is -2.50. The van der Waals surface area contributed by atoms with Crippen molar-refractivity contribution >= 4 is 5.97 Å². The first-order valence-corrected chi connectivity index (χ1v) is 12.2. The first-order valence-electron chi connectivity index (χ1n) is 12.2. The second kappa shape index (κ2) is 8.81. The van der Waals surface area contributed by atoms with Crippen LogP contribution in [-0.4, -0.2) is 24.2 Å². The number of fused-ring (bicyclic) bond motifs is 4. The van der Waals surface area contributed by atoms with Gasteiger partial charge in [0.2, 0.25) is 5.88 Å². The van der Waals surface area contributed by atoms with Crippen molar-refractivity contribution in [3.05, 3.63) is 83.1 Å². The highest BCUT2D eigenvalue weighted by Crippen LogP contribution is 2.54. The monoisotopic (exact) mass is 443 g/mol. The van der Waals surface area contributed by atoms with Crippen LogP contribution in [0.15, 0.2) is 66.3 Å². The number of aromatic nitrogens is 1. The average Bonchev–Trinajstić information content (AvgIpc) is 2.84. The van der Waals surface area contributed by atoms with E-state index in [4.69, 9.17) is 14.5 Å². The number of hydrogen-bond donors (Lipinski definition) is 0. The molecule has 3 aliphatic rings. The van der Waals surface area contributed by atoms with Crippen molar-refractivity contribution in [3.63, 3.8) is 0 Å². The van der Waals surface area contributed by atoms with Gasteiger partial charge in [0.05, 0.1) is 7.11 Å². The van der Waals surface area contributed by atoms with Crippen LogP contribution in [0.25, 0.3) is 0 Å². The number of hydrogen-bond acceptors (Lipinski definition) is 4. The highest BCUT2D eigenvalue weighted by atomic mass is 16.5. The van der Waals surface area contributed by atoms with E-state index < -0.39 is 5.41 Å². The number of carbonyl (C=O) groups excluding carboxylic acids is 1. The quantitative estimate of drug-likeness (QED) is 0.425. The molecule has 1 heterocycles. The summed E-state index contributed by atoms with van der Waals surface area (Å²) in [6, 6.07) is 14.4. The van der Waals surface area contributed by atoms with Crippen LogP contribution in [-0.2, 0) is 21.4 Å². The van der Waals surface area contributed by atoms with Gasteiger partial charge in [-0.05, 0) is 68.1 Å². The number of allylic oxidation sites excluding steroid dienone is 2. The molecule has 2 aromatic rings.